The van der Waals surface area contributed by atoms with Gasteiger partial charge in [0.2, 0.25) is 0 Å². The van der Waals surface area contributed by atoms with Crippen LogP contribution in [-0.2, 0) is 0 Å². The molecule has 0 aliphatic carbocycles. The second kappa shape index (κ2) is 3.90. The molecule has 0 rings (SSSR count). The summed E-state index contributed by atoms with van der Waals surface area (Å²) in [7, 11) is 0. The first kappa shape index (κ1) is 7.09. The zero-order chi connectivity index (χ0) is 6.62. The number of rotatable bonds is 2. The fraction of sp³-hybridized carbons (Fsp3) is 0.333. The van der Waals surface area contributed by atoms with E-state index < -0.39 is 11.7 Å². The molecule has 0 amide bonds. The fourth-order valence-electron chi connectivity index (χ4n) is 0.134. The second-order valence-electron chi connectivity index (χ2n) is 1.06. The molecule has 0 aromatic heterocycles. The van der Waals surface area contributed by atoms with E-state index in [4.69, 9.17) is 1.37 Å². The van der Waals surface area contributed by atoms with Gasteiger partial charge < -0.3 is 0 Å². The fourth-order valence-corrected chi connectivity index (χ4v) is 4.66. The molecule has 0 nitrogen and oxygen atoms in total. The molecule has 0 unspecified atom stereocenters. The molecule has 0 fully saturated rings. The van der Waals surface area contributed by atoms with Crippen LogP contribution in [0.1, 0.15) is 1.37 Å². The normalized spacial score (nSPS) is 15.0. The molecule has 0 N–H and O–H groups in total. The van der Waals surface area contributed by atoms with E-state index in [0.29, 0.717) is 0 Å². The van der Waals surface area contributed by atoms with Gasteiger partial charge in [-0.3, -0.25) is 0 Å². The molecule has 0 saturated carbocycles. The van der Waals surface area contributed by atoms with E-state index >= 15 is 0 Å². The summed E-state index contributed by atoms with van der Waals surface area (Å²) in [6.07, 6.45) is 1.83. The minimum absolute atomic E-state index is 0.957. The molecule has 0 bridgehead atoms. The topological polar surface area (TPSA) is 0 Å². The molecule has 7 heavy (non-hydrogen) atoms. The maximum absolute atomic E-state index is 6.67. The second-order valence-corrected chi connectivity index (χ2v) is 54.4. The molecule has 0 spiro atoms. The van der Waals surface area contributed by atoms with E-state index in [0.717, 1.165) is 4.44 Å². The van der Waals surface area contributed by atoms with Gasteiger partial charge in [-0.1, -0.05) is 0 Å². The molecule has 4 heteroatoms. The standard InChI is InChI=1S/C3H5.3BrH.Sn/c1-3-2;;;;/h3H,1-2H2;3*1H;/q;;;;+3/p-3/i1D;;;;. The van der Waals surface area contributed by atoms with E-state index in [2.05, 4.69) is 38.1 Å². The first-order valence-electron chi connectivity index (χ1n) is 2.24. The van der Waals surface area contributed by atoms with Crippen molar-refractivity contribution in [1.82, 2.24) is 0 Å². The zero-order valence-corrected chi connectivity index (χ0v) is 11.1. The van der Waals surface area contributed by atoms with Crippen molar-refractivity contribution in [3.8, 4) is 0 Å². The molecule has 0 aromatic carbocycles. The summed E-state index contributed by atoms with van der Waals surface area (Å²) in [5.74, 6) is 0. The Balaban J connectivity index is 3.39. The number of hydrogen-bond acceptors (Lipinski definition) is 0. The van der Waals surface area contributed by atoms with E-state index in [1.807, 2.05) is 6.08 Å². The van der Waals surface area contributed by atoms with E-state index in [9.17, 15) is 0 Å². The van der Waals surface area contributed by atoms with Crippen LogP contribution in [0, 0.1) is 0 Å². The Kier molecular flexibility index (Phi) is 3.95. The molecule has 0 aromatic rings. The number of hydrogen-bond donors (Lipinski definition) is 0. The van der Waals surface area contributed by atoms with E-state index in [-0.39, 0.29) is 0 Å². The van der Waals surface area contributed by atoms with Crippen LogP contribution in [0.2, 0.25) is 4.44 Å². The average molecular weight is 401 g/mol. The molecule has 42 valence electrons. The van der Waals surface area contributed by atoms with Crippen molar-refractivity contribution >= 4 is 49.8 Å². The van der Waals surface area contributed by atoms with Gasteiger partial charge in [-0.25, -0.2) is 0 Å². The summed E-state index contributed by atoms with van der Waals surface area (Å²) < 4.78 is 7.63. The summed E-state index contributed by atoms with van der Waals surface area (Å²) in [5, 5.41) is 0. The van der Waals surface area contributed by atoms with Gasteiger partial charge in [0.1, 0.15) is 0 Å². The van der Waals surface area contributed by atoms with Crippen molar-refractivity contribution in [1.29, 1.82) is 0 Å². The maximum atomic E-state index is 6.67. The van der Waals surface area contributed by atoms with Crippen molar-refractivity contribution in [3.05, 3.63) is 12.6 Å². The monoisotopic (exact) mass is 399 g/mol. The summed E-state index contributed by atoms with van der Waals surface area (Å²) in [6, 6.07) is 0. The number of halogens is 3. The molecule has 0 aliphatic heterocycles. The van der Waals surface area contributed by atoms with Crippen LogP contribution in [0.15, 0.2) is 12.6 Å². The summed E-state index contributed by atoms with van der Waals surface area (Å²) in [4.78, 5) is 0. The molecule has 0 radical (unpaired) electrons. The number of allylic oxidation sites excluding steroid dienone is 1. The average Bonchev–Trinajstić information content (AvgIpc) is 1.59. The Morgan fingerprint density at radius 2 is 2.29 bits per heavy atom. The van der Waals surface area contributed by atoms with Gasteiger partial charge >= 0.3 is 68.3 Å². The SMILES string of the molecule is [2H]C=C[CH2][Sn]([Br])([Br])[Br]. The Bertz CT molecular complexity index is 87.0. The van der Waals surface area contributed by atoms with Crippen molar-refractivity contribution < 1.29 is 1.37 Å². The van der Waals surface area contributed by atoms with Gasteiger partial charge in [-0.15, -0.1) is 0 Å². The molecule has 0 heterocycles. The zero-order valence-electron chi connectivity index (χ0n) is 4.50. The van der Waals surface area contributed by atoms with E-state index in [1.165, 1.54) is 6.55 Å². The van der Waals surface area contributed by atoms with Crippen LogP contribution in [0.4, 0.5) is 0 Å². The van der Waals surface area contributed by atoms with Gasteiger partial charge in [-0.2, -0.15) is 0 Å². The van der Waals surface area contributed by atoms with Gasteiger partial charge in [-0.05, 0) is 0 Å². The predicted molar refractivity (Wildman–Crippen MR) is 47.5 cm³/mol. The van der Waals surface area contributed by atoms with Crippen molar-refractivity contribution in [2.75, 3.05) is 0 Å². The van der Waals surface area contributed by atoms with Crippen molar-refractivity contribution in [2.45, 2.75) is 4.44 Å². The van der Waals surface area contributed by atoms with Crippen LogP contribution in [0.25, 0.3) is 0 Å². The van der Waals surface area contributed by atoms with Crippen LogP contribution >= 0.6 is 38.1 Å². The third-order valence-electron chi connectivity index (χ3n) is 0.349. The van der Waals surface area contributed by atoms with Crippen LogP contribution in [0.5, 0.6) is 0 Å². The molecule has 0 saturated heterocycles. The summed E-state index contributed by atoms with van der Waals surface area (Å²) in [6.45, 7) is 1.31. The van der Waals surface area contributed by atoms with Crippen LogP contribution < -0.4 is 0 Å². The molecule has 0 aliphatic rings. The van der Waals surface area contributed by atoms with Gasteiger partial charge in [0.15, 0.2) is 0 Å². The van der Waals surface area contributed by atoms with Gasteiger partial charge in [0.05, 0.1) is 0 Å². The third-order valence-corrected chi connectivity index (χ3v) is 8.86. The van der Waals surface area contributed by atoms with Gasteiger partial charge in [0.25, 0.3) is 0 Å². The van der Waals surface area contributed by atoms with E-state index in [1.54, 1.807) is 0 Å². The minimum atomic E-state index is -2.08. The van der Waals surface area contributed by atoms with Crippen molar-refractivity contribution in [3.63, 3.8) is 0 Å². The summed E-state index contributed by atoms with van der Waals surface area (Å²) >= 11 is 8.39. The first-order chi connectivity index (χ1) is 3.56. The molecular weight excluding hydrogens is 394 g/mol. The quantitative estimate of drug-likeness (QED) is 0.493. The summed E-state index contributed by atoms with van der Waals surface area (Å²) in [5.41, 5.74) is 0. The Morgan fingerprint density at radius 1 is 1.71 bits per heavy atom. The van der Waals surface area contributed by atoms with Crippen molar-refractivity contribution in [2.24, 2.45) is 0 Å². The Hall–Kier alpha value is 1.98. The molecular formula is C3H5Br3Sn. The first-order valence-corrected chi connectivity index (χ1v) is 22.9. The van der Waals surface area contributed by atoms with Crippen LogP contribution in [0.3, 0.4) is 0 Å². The predicted octanol–water partition coefficient (Wildman–Crippen LogP) is 3.30. The Morgan fingerprint density at radius 3 is 2.43 bits per heavy atom. The Labute approximate surface area is 67.3 Å². The third kappa shape index (κ3) is 7.98. The molecule has 0 atom stereocenters. The van der Waals surface area contributed by atoms with Gasteiger partial charge in [0, 0.05) is 0 Å². The van der Waals surface area contributed by atoms with Crippen LogP contribution in [-0.4, -0.2) is 11.7 Å².